The molecule has 114 valence electrons. The number of nitrogens with zero attached hydrogens (tertiary/aromatic N) is 1. The van der Waals surface area contributed by atoms with Crippen LogP contribution in [-0.2, 0) is 4.74 Å². The van der Waals surface area contributed by atoms with Crippen molar-refractivity contribution in [2.45, 2.75) is 58.7 Å². The number of hydrogen-bond donors (Lipinski definition) is 2. The maximum absolute atomic E-state index is 11.6. The van der Waals surface area contributed by atoms with E-state index in [0.29, 0.717) is 6.54 Å². The molecule has 0 fully saturated rings. The summed E-state index contributed by atoms with van der Waals surface area (Å²) in [6, 6.07) is 0.367. The van der Waals surface area contributed by atoms with Gasteiger partial charge in [0, 0.05) is 24.0 Å². The molecule has 2 atom stereocenters. The van der Waals surface area contributed by atoms with Gasteiger partial charge in [-0.2, -0.15) is 0 Å². The van der Waals surface area contributed by atoms with Crippen LogP contribution in [0.2, 0.25) is 0 Å². The molecule has 1 heterocycles. The zero-order valence-corrected chi connectivity index (χ0v) is 13.7. The summed E-state index contributed by atoms with van der Waals surface area (Å²) >= 11 is 1.59. The van der Waals surface area contributed by atoms with Crippen molar-refractivity contribution in [2.24, 2.45) is 0 Å². The van der Waals surface area contributed by atoms with E-state index in [1.807, 2.05) is 31.7 Å². The molecule has 0 aliphatic heterocycles. The third kappa shape index (κ3) is 6.34. The summed E-state index contributed by atoms with van der Waals surface area (Å²) in [4.78, 5) is 15.9. The smallest absolute Gasteiger partial charge is 0.407 e. The van der Waals surface area contributed by atoms with E-state index in [0.717, 1.165) is 12.1 Å². The molecule has 0 spiro atoms. The van der Waals surface area contributed by atoms with Crippen LogP contribution in [0.1, 0.15) is 52.8 Å². The highest BCUT2D eigenvalue weighted by molar-refractivity contribution is 7.07. The van der Waals surface area contributed by atoms with Gasteiger partial charge in [-0.3, -0.25) is 0 Å². The van der Waals surface area contributed by atoms with E-state index >= 15 is 0 Å². The monoisotopic (exact) mass is 299 g/mol. The summed E-state index contributed by atoms with van der Waals surface area (Å²) in [5.41, 5.74) is 2.39. The lowest BCUT2D eigenvalue weighted by Gasteiger charge is -2.24. The van der Waals surface area contributed by atoms with Crippen LogP contribution in [0, 0.1) is 0 Å². The number of carbonyl (C=O) groups is 1. The number of alkyl carbamates (subject to hydrolysis) is 1. The number of aromatic nitrogens is 1. The van der Waals surface area contributed by atoms with Crippen molar-refractivity contribution in [2.75, 3.05) is 6.54 Å². The fourth-order valence-corrected chi connectivity index (χ4v) is 2.36. The number of amides is 1. The number of ether oxygens (including phenoxy) is 1. The van der Waals surface area contributed by atoms with Crippen LogP contribution in [0.5, 0.6) is 0 Å². The van der Waals surface area contributed by atoms with Gasteiger partial charge in [-0.1, -0.05) is 6.92 Å². The van der Waals surface area contributed by atoms with Crippen LogP contribution in [0.3, 0.4) is 0 Å². The summed E-state index contributed by atoms with van der Waals surface area (Å²) in [5, 5.41) is 8.29. The molecule has 1 aromatic heterocycles. The third-order valence-electron chi connectivity index (χ3n) is 2.77. The molecule has 1 rings (SSSR count). The van der Waals surface area contributed by atoms with Crippen LogP contribution in [0.4, 0.5) is 4.79 Å². The van der Waals surface area contributed by atoms with Crippen LogP contribution in [0.15, 0.2) is 10.9 Å². The van der Waals surface area contributed by atoms with Crippen molar-refractivity contribution in [3.05, 3.63) is 16.6 Å². The standard InChI is InChI=1S/C14H25N3O2S/c1-6-11(7-15-13(18)19-14(3,4)5)17-10(2)12-8-20-9-16-12/h8-11,17H,6-7H2,1-5H3,(H,15,18). The molecule has 5 nitrogen and oxygen atoms in total. The maximum atomic E-state index is 11.6. The Bertz CT molecular complexity index is 401. The quantitative estimate of drug-likeness (QED) is 0.847. The highest BCUT2D eigenvalue weighted by Gasteiger charge is 2.18. The molecule has 0 aliphatic rings. The maximum Gasteiger partial charge on any atom is 0.407 e. The van der Waals surface area contributed by atoms with Gasteiger partial charge in [0.1, 0.15) is 5.60 Å². The van der Waals surface area contributed by atoms with Gasteiger partial charge in [0.15, 0.2) is 0 Å². The van der Waals surface area contributed by atoms with Crippen LogP contribution < -0.4 is 10.6 Å². The lowest BCUT2D eigenvalue weighted by molar-refractivity contribution is 0.0521. The molecule has 0 saturated carbocycles. The molecular weight excluding hydrogens is 274 g/mol. The predicted molar refractivity (Wildman–Crippen MR) is 82.0 cm³/mol. The first-order valence-corrected chi connectivity index (χ1v) is 7.87. The Hall–Kier alpha value is -1.14. The molecule has 0 aromatic carbocycles. The fourth-order valence-electron chi connectivity index (χ4n) is 1.72. The lowest BCUT2D eigenvalue weighted by Crippen LogP contribution is -2.43. The second-order valence-corrected chi connectivity index (χ2v) is 6.51. The van der Waals surface area contributed by atoms with Gasteiger partial charge >= 0.3 is 6.09 Å². The summed E-state index contributed by atoms with van der Waals surface area (Å²) in [6.45, 7) is 10.3. The van der Waals surface area contributed by atoms with Crippen molar-refractivity contribution in [3.8, 4) is 0 Å². The van der Waals surface area contributed by atoms with E-state index in [1.54, 1.807) is 11.3 Å². The molecule has 1 amide bonds. The number of hydrogen-bond acceptors (Lipinski definition) is 5. The summed E-state index contributed by atoms with van der Waals surface area (Å²) in [5.74, 6) is 0. The van der Waals surface area contributed by atoms with Gasteiger partial charge in [0.25, 0.3) is 0 Å². The summed E-state index contributed by atoms with van der Waals surface area (Å²) < 4.78 is 5.22. The average Bonchev–Trinajstić information content (AvgIpc) is 2.85. The Morgan fingerprint density at radius 2 is 2.20 bits per heavy atom. The van der Waals surface area contributed by atoms with Crippen molar-refractivity contribution in [3.63, 3.8) is 0 Å². The molecule has 1 aromatic rings. The molecule has 2 unspecified atom stereocenters. The van der Waals surface area contributed by atoms with E-state index in [-0.39, 0.29) is 18.2 Å². The van der Waals surface area contributed by atoms with Crippen molar-refractivity contribution in [1.82, 2.24) is 15.6 Å². The number of rotatable bonds is 6. The Labute approximate surface area is 125 Å². The van der Waals surface area contributed by atoms with E-state index < -0.39 is 5.60 Å². The SMILES string of the molecule is CCC(CNC(=O)OC(C)(C)C)NC(C)c1cscn1. The highest BCUT2D eigenvalue weighted by Crippen LogP contribution is 2.13. The topological polar surface area (TPSA) is 63.2 Å². The van der Waals surface area contributed by atoms with Crippen LogP contribution >= 0.6 is 11.3 Å². The van der Waals surface area contributed by atoms with Crippen LogP contribution in [-0.4, -0.2) is 29.3 Å². The van der Waals surface area contributed by atoms with Crippen LogP contribution in [0.25, 0.3) is 0 Å². The molecule has 6 heteroatoms. The van der Waals surface area contributed by atoms with Gasteiger partial charge in [-0.25, -0.2) is 9.78 Å². The Morgan fingerprint density at radius 3 is 2.70 bits per heavy atom. The summed E-state index contributed by atoms with van der Waals surface area (Å²) in [7, 11) is 0. The largest absolute Gasteiger partial charge is 0.444 e. The number of carbonyl (C=O) groups excluding carboxylic acids is 1. The first kappa shape index (κ1) is 16.9. The van der Waals surface area contributed by atoms with E-state index in [4.69, 9.17) is 4.74 Å². The van der Waals surface area contributed by atoms with Gasteiger partial charge in [0.05, 0.1) is 11.2 Å². The Morgan fingerprint density at radius 1 is 1.50 bits per heavy atom. The number of thiazole rings is 1. The highest BCUT2D eigenvalue weighted by atomic mass is 32.1. The van der Waals surface area contributed by atoms with Gasteiger partial charge in [-0.05, 0) is 34.1 Å². The minimum atomic E-state index is -0.465. The number of nitrogens with one attached hydrogen (secondary N) is 2. The normalized spacial score (nSPS) is 14.7. The average molecular weight is 299 g/mol. The lowest BCUT2D eigenvalue weighted by atomic mass is 10.1. The minimum absolute atomic E-state index is 0.173. The van der Waals surface area contributed by atoms with Gasteiger partial charge < -0.3 is 15.4 Å². The van der Waals surface area contributed by atoms with Crippen molar-refractivity contribution in [1.29, 1.82) is 0 Å². The van der Waals surface area contributed by atoms with Crippen molar-refractivity contribution >= 4 is 17.4 Å². The molecular formula is C14H25N3O2S. The zero-order chi connectivity index (χ0) is 15.2. The molecule has 0 aliphatic carbocycles. The molecule has 2 N–H and O–H groups in total. The molecule has 0 radical (unpaired) electrons. The van der Waals surface area contributed by atoms with E-state index in [9.17, 15) is 4.79 Å². The summed E-state index contributed by atoms with van der Waals surface area (Å²) in [6.07, 6.45) is 0.545. The first-order chi connectivity index (χ1) is 9.31. The zero-order valence-electron chi connectivity index (χ0n) is 12.9. The fraction of sp³-hybridized carbons (Fsp3) is 0.714. The first-order valence-electron chi connectivity index (χ1n) is 6.92. The Kier molecular flexibility index (Phi) is 6.42. The minimum Gasteiger partial charge on any atom is -0.444 e. The second-order valence-electron chi connectivity index (χ2n) is 5.79. The predicted octanol–water partition coefficient (Wildman–Crippen LogP) is 3.10. The second kappa shape index (κ2) is 7.59. The van der Waals surface area contributed by atoms with Crippen molar-refractivity contribution < 1.29 is 9.53 Å². The molecule has 20 heavy (non-hydrogen) atoms. The van der Waals surface area contributed by atoms with E-state index in [2.05, 4.69) is 29.5 Å². The third-order valence-corrected chi connectivity index (χ3v) is 3.37. The van der Waals surface area contributed by atoms with Gasteiger partial charge in [0.2, 0.25) is 0 Å². The molecule has 0 saturated heterocycles. The van der Waals surface area contributed by atoms with Gasteiger partial charge in [-0.15, -0.1) is 11.3 Å². The van der Waals surface area contributed by atoms with E-state index in [1.165, 1.54) is 0 Å². The molecule has 0 bridgehead atoms. The Balaban J connectivity index is 2.38.